The van der Waals surface area contributed by atoms with Gasteiger partial charge in [0.05, 0.1) is 0 Å². The van der Waals surface area contributed by atoms with Gasteiger partial charge < -0.3 is 0 Å². The Kier molecular flexibility index (Phi) is 5.38. The summed E-state index contributed by atoms with van der Waals surface area (Å²) in [6.45, 7) is 6.60. The topological polar surface area (TPSA) is 12.9 Å². The summed E-state index contributed by atoms with van der Waals surface area (Å²) in [5, 5.41) is 0. The summed E-state index contributed by atoms with van der Waals surface area (Å²) >= 11 is 0. The lowest BCUT2D eigenvalue weighted by atomic mass is 9.99. The summed E-state index contributed by atoms with van der Waals surface area (Å²) < 4.78 is 0. The van der Waals surface area contributed by atoms with Crippen molar-refractivity contribution in [1.82, 2.24) is 4.98 Å². The Labute approximate surface area is 93.9 Å². The molecule has 0 aliphatic heterocycles. The van der Waals surface area contributed by atoms with Gasteiger partial charge in [0, 0.05) is 11.4 Å². The predicted molar refractivity (Wildman–Crippen MR) is 66.1 cm³/mol. The van der Waals surface area contributed by atoms with Crippen molar-refractivity contribution in [1.29, 1.82) is 0 Å². The SMILES string of the molecule is CCCCCC[C@@H](C)c1cccc(C)n1. The van der Waals surface area contributed by atoms with Crippen LogP contribution in [0.15, 0.2) is 18.2 Å². The zero-order valence-electron chi connectivity index (χ0n) is 10.3. The summed E-state index contributed by atoms with van der Waals surface area (Å²) in [6.07, 6.45) is 6.67. The van der Waals surface area contributed by atoms with Crippen molar-refractivity contribution in [2.75, 3.05) is 0 Å². The van der Waals surface area contributed by atoms with Crippen LogP contribution in [0, 0.1) is 6.92 Å². The van der Waals surface area contributed by atoms with E-state index in [0.29, 0.717) is 5.92 Å². The fraction of sp³-hybridized carbons (Fsp3) is 0.643. The molecule has 0 saturated carbocycles. The van der Waals surface area contributed by atoms with E-state index in [0.717, 1.165) is 5.69 Å². The van der Waals surface area contributed by atoms with E-state index in [-0.39, 0.29) is 0 Å². The van der Waals surface area contributed by atoms with E-state index in [4.69, 9.17) is 0 Å². The zero-order chi connectivity index (χ0) is 11.1. The van der Waals surface area contributed by atoms with Crippen molar-refractivity contribution >= 4 is 0 Å². The van der Waals surface area contributed by atoms with Gasteiger partial charge in [-0.25, -0.2) is 0 Å². The Morgan fingerprint density at radius 3 is 2.67 bits per heavy atom. The Morgan fingerprint density at radius 2 is 2.00 bits per heavy atom. The van der Waals surface area contributed by atoms with Gasteiger partial charge in [-0.3, -0.25) is 4.98 Å². The molecule has 0 saturated heterocycles. The van der Waals surface area contributed by atoms with Crippen LogP contribution in [-0.4, -0.2) is 4.98 Å². The van der Waals surface area contributed by atoms with Gasteiger partial charge in [0.25, 0.3) is 0 Å². The highest BCUT2D eigenvalue weighted by atomic mass is 14.7. The molecule has 0 bridgehead atoms. The lowest BCUT2D eigenvalue weighted by Gasteiger charge is -2.10. The van der Waals surface area contributed by atoms with Crippen molar-refractivity contribution < 1.29 is 0 Å². The van der Waals surface area contributed by atoms with E-state index in [9.17, 15) is 0 Å². The monoisotopic (exact) mass is 205 g/mol. The summed E-state index contributed by atoms with van der Waals surface area (Å²) in [6, 6.07) is 6.32. The van der Waals surface area contributed by atoms with Crippen LogP contribution in [0.25, 0.3) is 0 Å². The maximum Gasteiger partial charge on any atom is 0.0434 e. The number of aryl methyl sites for hydroxylation is 1. The summed E-state index contributed by atoms with van der Waals surface area (Å²) in [4.78, 5) is 4.57. The molecule has 1 rings (SSSR count). The molecule has 0 amide bonds. The van der Waals surface area contributed by atoms with Gasteiger partial charge in [-0.1, -0.05) is 45.6 Å². The van der Waals surface area contributed by atoms with E-state index in [1.54, 1.807) is 0 Å². The fourth-order valence-electron chi connectivity index (χ4n) is 1.86. The summed E-state index contributed by atoms with van der Waals surface area (Å²) in [5.41, 5.74) is 2.39. The number of rotatable bonds is 6. The predicted octanol–water partition coefficient (Wildman–Crippen LogP) is 4.46. The van der Waals surface area contributed by atoms with E-state index in [1.807, 2.05) is 0 Å². The van der Waals surface area contributed by atoms with Crippen molar-refractivity contribution in [3.05, 3.63) is 29.6 Å². The summed E-state index contributed by atoms with van der Waals surface area (Å²) in [7, 11) is 0. The summed E-state index contributed by atoms with van der Waals surface area (Å²) in [5.74, 6) is 0.613. The molecular weight excluding hydrogens is 182 g/mol. The number of aromatic nitrogens is 1. The molecule has 1 aromatic heterocycles. The molecule has 0 aliphatic carbocycles. The minimum atomic E-state index is 0.613. The highest BCUT2D eigenvalue weighted by Crippen LogP contribution is 2.20. The molecule has 1 atom stereocenters. The maximum absolute atomic E-state index is 4.57. The van der Waals surface area contributed by atoms with Gasteiger partial charge >= 0.3 is 0 Å². The first-order valence-electron chi connectivity index (χ1n) is 6.17. The number of pyridine rings is 1. The number of hydrogen-bond acceptors (Lipinski definition) is 1. The smallest absolute Gasteiger partial charge is 0.0434 e. The van der Waals surface area contributed by atoms with Crippen LogP contribution >= 0.6 is 0 Å². The molecule has 0 aromatic carbocycles. The Morgan fingerprint density at radius 1 is 1.20 bits per heavy atom. The third-order valence-electron chi connectivity index (χ3n) is 2.91. The fourth-order valence-corrected chi connectivity index (χ4v) is 1.86. The highest BCUT2D eigenvalue weighted by molar-refractivity contribution is 5.13. The first-order chi connectivity index (χ1) is 7.24. The molecule has 0 fully saturated rings. The molecule has 0 radical (unpaired) electrons. The average Bonchev–Trinajstić information content (AvgIpc) is 2.24. The number of hydrogen-bond donors (Lipinski definition) is 0. The largest absolute Gasteiger partial charge is 0.258 e. The molecule has 0 aliphatic rings. The molecule has 15 heavy (non-hydrogen) atoms. The lowest BCUT2D eigenvalue weighted by Crippen LogP contribution is -1.98. The van der Waals surface area contributed by atoms with Gasteiger partial charge in [-0.2, -0.15) is 0 Å². The van der Waals surface area contributed by atoms with Crippen LogP contribution in [-0.2, 0) is 0 Å². The average molecular weight is 205 g/mol. The normalized spacial score (nSPS) is 12.7. The molecule has 1 heterocycles. The van der Waals surface area contributed by atoms with E-state index in [1.165, 1.54) is 37.8 Å². The minimum Gasteiger partial charge on any atom is -0.258 e. The lowest BCUT2D eigenvalue weighted by molar-refractivity contribution is 0.571. The Bertz CT molecular complexity index is 280. The minimum absolute atomic E-state index is 0.613. The first kappa shape index (κ1) is 12.2. The van der Waals surface area contributed by atoms with E-state index < -0.39 is 0 Å². The van der Waals surface area contributed by atoms with Gasteiger partial charge in [-0.05, 0) is 31.4 Å². The van der Waals surface area contributed by atoms with Crippen molar-refractivity contribution in [2.24, 2.45) is 0 Å². The van der Waals surface area contributed by atoms with Crippen LogP contribution in [0.3, 0.4) is 0 Å². The molecule has 0 unspecified atom stereocenters. The van der Waals surface area contributed by atoms with Crippen LogP contribution < -0.4 is 0 Å². The highest BCUT2D eigenvalue weighted by Gasteiger charge is 2.06. The molecule has 0 N–H and O–H groups in total. The molecule has 1 nitrogen and oxygen atoms in total. The Balaban J connectivity index is 2.36. The number of nitrogens with zero attached hydrogens (tertiary/aromatic N) is 1. The molecular formula is C14H23N. The number of unbranched alkanes of at least 4 members (excludes halogenated alkanes) is 3. The van der Waals surface area contributed by atoms with Gasteiger partial charge in [0.2, 0.25) is 0 Å². The third kappa shape index (κ3) is 4.46. The Hall–Kier alpha value is -0.850. The third-order valence-corrected chi connectivity index (χ3v) is 2.91. The van der Waals surface area contributed by atoms with Crippen LogP contribution in [0.4, 0.5) is 0 Å². The zero-order valence-corrected chi connectivity index (χ0v) is 10.3. The van der Waals surface area contributed by atoms with Crippen LogP contribution in [0.2, 0.25) is 0 Å². The van der Waals surface area contributed by atoms with E-state index in [2.05, 4.69) is 44.0 Å². The first-order valence-corrected chi connectivity index (χ1v) is 6.17. The second-order valence-corrected chi connectivity index (χ2v) is 4.45. The van der Waals surface area contributed by atoms with Gasteiger partial charge in [0.1, 0.15) is 0 Å². The second-order valence-electron chi connectivity index (χ2n) is 4.45. The molecule has 1 aromatic rings. The van der Waals surface area contributed by atoms with Crippen molar-refractivity contribution in [3.63, 3.8) is 0 Å². The van der Waals surface area contributed by atoms with E-state index >= 15 is 0 Å². The molecule has 0 spiro atoms. The van der Waals surface area contributed by atoms with Gasteiger partial charge in [0.15, 0.2) is 0 Å². The standard InChI is InChI=1S/C14H23N/c1-4-5-6-7-9-12(2)14-11-8-10-13(3)15-14/h8,10-12H,4-7,9H2,1-3H3/t12-/m1/s1. The second kappa shape index (κ2) is 6.60. The molecule has 1 heteroatoms. The van der Waals surface area contributed by atoms with Crippen molar-refractivity contribution in [2.45, 2.75) is 58.8 Å². The maximum atomic E-state index is 4.57. The van der Waals surface area contributed by atoms with Gasteiger partial charge in [-0.15, -0.1) is 0 Å². The molecule has 84 valence electrons. The van der Waals surface area contributed by atoms with Crippen molar-refractivity contribution in [3.8, 4) is 0 Å². The van der Waals surface area contributed by atoms with Crippen LogP contribution in [0.5, 0.6) is 0 Å². The van der Waals surface area contributed by atoms with Crippen LogP contribution in [0.1, 0.15) is 63.3 Å². The quantitative estimate of drug-likeness (QED) is 0.625.